The summed E-state index contributed by atoms with van der Waals surface area (Å²) in [5.41, 5.74) is 3.59. The number of sulfonamides is 1. The van der Waals surface area contributed by atoms with E-state index in [2.05, 4.69) is 25.5 Å². The molecule has 30 heavy (non-hydrogen) atoms. The quantitative estimate of drug-likeness (QED) is 0.753. The third-order valence-corrected chi connectivity index (χ3v) is 7.23. The topological polar surface area (TPSA) is 83.5 Å². The molecule has 0 heterocycles. The monoisotopic (exact) mass is 429 g/mol. The maximum atomic E-state index is 13.3. The number of nitrogens with one attached hydrogen (secondary N) is 1. The number of aromatic carboxylic acids is 1. The Balaban J connectivity index is 1.92. The first kappa shape index (κ1) is 22.5. The molecule has 162 valence electrons. The zero-order chi connectivity index (χ0) is 22.5. The molecular formula is C24H31NO4S. The summed E-state index contributed by atoms with van der Waals surface area (Å²) in [6.07, 6.45) is 1.04. The van der Waals surface area contributed by atoms with Crippen LogP contribution >= 0.6 is 0 Å². The van der Waals surface area contributed by atoms with Crippen LogP contribution < -0.4 is 4.72 Å². The van der Waals surface area contributed by atoms with E-state index in [0.29, 0.717) is 17.7 Å². The molecule has 0 saturated carbocycles. The van der Waals surface area contributed by atoms with Crippen LogP contribution in [0.25, 0.3) is 0 Å². The third kappa shape index (κ3) is 4.60. The Labute approximate surface area is 179 Å². The van der Waals surface area contributed by atoms with Crippen LogP contribution in [0, 0.1) is 0 Å². The normalized spacial score (nSPS) is 17.1. The molecular weight excluding hydrogens is 398 g/mol. The highest BCUT2D eigenvalue weighted by Gasteiger charge is 2.31. The van der Waals surface area contributed by atoms with Crippen molar-refractivity contribution < 1.29 is 18.3 Å². The van der Waals surface area contributed by atoms with Crippen LogP contribution in [-0.2, 0) is 33.7 Å². The first-order chi connectivity index (χ1) is 13.7. The summed E-state index contributed by atoms with van der Waals surface area (Å²) in [5, 5.41) is 9.19. The van der Waals surface area contributed by atoms with E-state index in [1.54, 1.807) is 24.3 Å². The van der Waals surface area contributed by atoms with Crippen molar-refractivity contribution in [3.05, 3.63) is 64.2 Å². The second kappa shape index (κ2) is 7.50. The molecule has 1 aliphatic rings. The summed E-state index contributed by atoms with van der Waals surface area (Å²) < 4.78 is 29.5. The van der Waals surface area contributed by atoms with E-state index in [1.807, 2.05) is 32.9 Å². The van der Waals surface area contributed by atoms with E-state index in [9.17, 15) is 18.3 Å². The molecule has 1 aliphatic carbocycles. The second-order valence-corrected chi connectivity index (χ2v) is 11.9. The molecule has 0 fully saturated rings. The van der Waals surface area contributed by atoms with Crippen molar-refractivity contribution in [2.75, 3.05) is 0 Å². The lowest BCUT2D eigenvalue weighted by atomic mass is 9.81. The fourth-order valence-corrected chi connectivity index (χ4v) is 5.57. The van der Waals surface area contributed by atoms with Gasteiger partial charge < -0.3 is 5.11 Å². The van der Waals surface area contributed by atoms with Gasteiger partial charge >= 0.3 is 5.97 Å². The molecule has 0 saturated heterocycles. The van der Waals surface area contributed by atoms with Gasteiger partial charge in [0.2, 0.25) is 10.0 Å². The molecule has 2 aromatic carbocycles. The van der Waals surface area contributed by atoms with Crippen molar-refractivity contribution in [1.82, 2.24) is 4.72 Å². The molecule has 0 aromatic heterocycles. The third-order valence-electron chi connectivity index (χ3n) is 5.65. The molecule has 0 spiro atoms. The summed E-state index contributed by atoms with van der Waals surface area (Å²) in [6, 6.07) is 10.3. The SMILES string of the molecule is CC(C)(C)c1ccc(S(=O)(=O)NC2Cc3ccc(C(=O)O)cc3C2)c(C(C)(C)C)c1. The van der Waals surface area contributed by atoms with Crippen LogP contribution in [0.1, 0.15) is 74.2 Å². The molecule has 2 aromatic rings. The Morgan fingerprint density at radius 3 is 2.13 bits per heavy atom. The van der Waals surface area contributed by atoms with Gasteiger partial charge in [0.1, 0.15) is 0 Å². The average molecular weight is 430 g/mol. The molecule has 0 amide bonds. The minimum absolute atomic E-state index is 0.0787. The number of hydrogen-bond donors (Lipinski definition) is 2. The Morgan fingerprint density at radius 1 is 0.933 bits per heavy atom. The highest BCUT2D eigenvalue weighted by atomic mass is 32.2. The van der Waals surface area contributed by atoms with E-state index in [4.69, 9.17) is 0 Å². The lowest BCUT2D eigenvalue weighted by Gasteiger charge is -2.27. The minimum atomic E-state index is -3.73. The van der Waals surface area contributed by atoms with Crippen molar-refractivity contribution in [3.8, 4) is 0 Å². The first-order valence-electron chi connectivity index (χ1n) is 10.2. The summed E-state index contributed by atoms with van der Waals surface area (Å²) in [7, 11) is -3.73. The summed E-state index contributed by atoms with van der Waals surface area (Å²) in [5.74, 6) is -0.976. The molecule has 2 N–H and O–H groups in total. The predicted octanol–water partition coefficient (Wildman–Crippen LogP) is 4.43. The summed E-state index contributed by atoms with van der Waals surface area (Å²) in [6.45, 7) is 12.4. The van der Waals surface area contributed by atoms with Gasteiger partial charge in [-0.2, -0.15) is 0 Å². The second-order valence-electron chi connectivity index (χ2n) is 10.2. The number of benzene rings is 2. The average Bonchev–Trinajstić information content (AvgIpc) is 3.00. The maximum absolute atomic E-state index is 13.3. The van der Waals surface area contributed by atoms with Crippen LogP contribution in [0.5, 0.6) is 0 Å². The van der Waals surface area contributed by atoms with Gasteiger partial charge in [-0.3, -0.25) is 0 Å². The molecule has 0 bridgehead atoms. The molecule has 0 aliphatic heterocycles. The van der Waals surface area contributed by atoms with Crippen molar-refractivity contribution in [2.24, 2.45) is 0 Å². The molecule has 6 heteroatoms. The number of carboxylic acid groups (broad SMARTS) is 1. The van der Waals surface area contributed by atoms with Crippen molar-refractivity contribution in [3.63, 3.8) is 0 Å². The zero-order valence-electron chi connectivity index (χ0n) is 18.5. The number of carbonyl (C=O) groups is 1. The van der Waals surface area contributed by atoms with Gasteiger partial charge in [-0.15, -0.1) is 0 Å². The maximum Gasteiger partial charge on any atom is 0.335 e. The summed E-state index contributed by atoms with van der Waals surface area (Å²) in [4.78, 5) is 11.5. The molecule has 1 unspecified atom stereocenters. The van der Waals surface area contributed by atoms with Crippen molar-refractivity contribution in [1.29, 1.82) is 0 Å². The zero-order valence-corrected chi connectivity index (χ0v) is 19.4. The predicted molar refractivity (Wildman–Crippen MR) is 119 cm³/mol. The van der Waals surface area contributed by atoms with Crippen LogP contribution in [0.4, 0.5) is 0 Å². The van der Waals surface area contributed by atoms with E-state index in [-0.39, 0.29) is 22.4 Å². The van der Waals surface area contributed by atoms with Gasteiger partial charge in [-0.25, -0.2) is 17.9 Å². The smallest absolute Gasteiger partial charge is 0.335 e. The van der Waals surface area contributed by atoms with Gasteiger partial charge in [0.05, 0.1) is 10.5 Å². The number of carboxylic acids is 1. The van der Waals surface area contributed by atoms with E-state index < -0.39 is 16.0 Å². The van der Waals surface area contributed by atoms with E-state index in [0.717, 1.165) is 22.3 Å². The molecule has 0 radical (unpaired) electrons. The van der Waals surface area contributed by atoms with Crippen LogP contribution in [0.3, 0.4) is 0 Å². The molecule has 5 nitrogen and oxygen atoms in total. The highest BCUT2D eigenvalue weighted by molar-refractivity contribution is 7.89. The van der Waals surface area contributed by atoms with Gasteiger partial charge in [-0.05, 0) is 64.1 Å². The number of fused-ring (bicyclic) bond motifs is 1. The lowest BCUT2D eigenvalue weighted by molar-refractivity contribution is 0.0696. The van der Waals surface area contributed by atoms with E-state index in [1.165, 1.54) is 0 Å². The fourth-order valence-electron chi connectivity index (χ4n) is 3.93. The van der Waals surface area contributed by atoms with Gasteiger partial charge in [0, 0.05) is 6.04 Å². The Kier molecular flexibility index (Phi) is 5.63. The van der Waals surface area contributed by atoms with Gasteiger partial charge in [-0.1, -0.05) is 59.7 Å². The van der Waals surface area contributed by atoms with Gasteiger partial charge in [0.25, 0.3) is 0 Å². The Hall–Kier alpha value is -2.18. The standard InChI is InChI=1S/C24H31NO4S/c1-23(2,3)18-9-10-21(20(14-18)24(4,5)6)30(28,29)25-19-12-15-7-8-16(22(26)27)11-17(15)13-19/h7-11,14,19,25H,12-13H2,1-6H3,(H,26,27). The van der Waals surface area contributed by atoms with Crippen LogP contribution in [0.2, 0.25) is 0 Å². The molecule has 3 rings (SSSR count). The van der Waals surface area contributed by atoms with Crippen LogP contribution in [0.15, 0.2) is 41.3 Å². The van der Waals surface area contributed by atoms with Crippen molar-refractivity contribution in [2.45, 2.75) is 76.2 Å². The fraction of sp³-hybridized carbons (Fsp3) is 0.458. The highest BCUT2D eigenvalue weighted by Crippen LogP contribution is 2.34. The largest absolute Gasteiger partial charge is 0.478 e. The number of hydrogen-bond acceptors (Lipinski definition) is 3. The molecule has 1 atom stereocenters. The van der Waals surface area contributed by atoms with E-state index >= 15 is 0 Å². The first-order valence-corrected chi connectivity index (χ1v) is 11.7. The minimum Gasteiger partial charge on any atom is -0.478 e. The van der Waals surface area contributed by atoms with Crippen LogP contribution in [-0.4, -0.2) is 25.5 Å². The Morgan fingerprint density at radius 2 is 1.57 bits per heavy atom. The Bertz CT molecular complexity index is 1090. The lowest BCUT2D eigenvalue weighted by Crippen LogP contribution is -2.36. The number of rotatable bonds is 4. The van der Waals surface area contributed by atoms with Gasteiger partial charge in [0.15, 0.2) is 0 Å². The summed E-state index contributed by atoms with van der Waals surface area (Å²) >= 11 is 0. The van der Waals surface area contributed by atoms with Crippen molar-refractivity contribution >= 4 is 16.0 Å².